The fraction of sp³-hybridized carbons (Fsp3) is 0.559. The van der Waals surface area contributed by atoms with Crippen molar-refractivity contribution in [3.63, 3.8) is 0 Å². The number of ether oxygens (including phenoxy) is 3. The number of unbranched alkanes of at least 4 members (excludes halogenated alkanes) is 2. The van der Waals surface area contributed by atoms with Crippen molar-refractivity contribution < 1.29 is 45.3 Å². The zero-order chi connectivity index (χ0) is 35.4. The van der Waals surface area contributed by atoms with Gasteiger partial charge in [0.25, 0.3) is 0 Å². The topological polar surface area (TPSA) is 96.8 Å². The van der Waals surface area contributed by atoms with Crippen LogP contribution in [0.15, 0.2) is 42.5 Å². The summed E-state index contributed by atoms with van der Waals surface area (Å²) >= 11 is 1.16. The Hall–Kier alpha value is -3.03. The molecule has 3 aromatic rings. The van der Waals surface area contributed by atoms with E-state index in [0.29, 0.717) is 21.4 Å². The van der Waals surface area contributed by atoms with E-state index in [1.807, 2.05) is 6.92 Å². The minimum absolute atomic E-state index is 0.115. The Bertz CT molecular complexity index is 1510. The van der Waals surface area contributed by atoms with Gasteiger partial charge in [-0.3, -0.25) is 4.79 Å². The van der Waals surface area contributed by atoms with Gasteiger partial charge < -0.3 is 25.7 Å². The maximum absolute atomic E-state index is 13.9. The second-order valence-electron chi connectivity index (χ2n) is 13.5. The zero-order valence-corrected chi connectivity index (χ0v) is 28.3. The number of aryl methyl sites for hydroxylation is 1. The van der Waals surface area contributed by atoms with Gasteiger partial charge in [-0.1, -0.05) is 25.8 Å². The second-order valence-corrected chi connectivity index (χ2v) is 14.6. The van der Waals surface area contributed by atoms with E-state index in [1.54, 1.807) is 45.0 Å². The van der Waals surface area contributed by atoms with Gasteiger partial charge in [0.15, 0.2) is 0 Å². The van der Waals surface area contributed by atoms with E-state index in [1.165, 1.54) is 32.0 Å². The first-order valence-corrected chi connectivity index (χ1v) is 16.2. The van der Waals surface area contributed by atoms with Crippen LogP contribution in [0.4, 0.5) is 26.3 Å². The molecule has 4 N–H and O–H groups in total. The highest BCUT2D eigenvalue weighted by atomic mass is 32.1. The minimum Gasteiger partial charge on any atom is -0.493 e. The first kappa shape index (κ1) is 38.4. The highest BCUT2D eigenvalue weighted by Crippen LogP contribution is 2.42. The number of hydrogen-bond donors (Lipinski definition) is 2. The molecule has 0 saturated carbocycles. The van der Waals surface area contributed by atoms with E-state index < -0.39 is 54.1 Å². The molecule has 0 radical (unpaired) electrons. The van der Waals surface area contributed by atoms with Crippen molar-refractivity contribution in [2.45, 2.75) is 97.3 Å². The van der Waals surface area contributed by atoms with Crippen molar-refractivity contribution in [1.29, 1.82) is 0 Å². The monoisotopic (exact) mass is 690 g/mol. The first-order chi connectivity index (χ1) is 21.5. The molecule has 0 fully saturated rings. The Morgan fingerprint density at radius 1 is 0.894 bits per heavy atom. The molecule has 0 aliphatic heterocycles. The van der Waals surface area contributed by atoms with Crippen LogP contribution in [0.5, 0.6) is 11.5 Å². The van der Waals surface area contributed by atoms with Gasteiger partial charge in [0.2, 0.25) is 0 Å². The third kappa shape index (κ3) is 10.7. The SMILES string of the molecule is CCCCCc1ccc(-c2cc3ccc(OCC(COC(=O)C(C)(C)C(C)(N)CC(C)(C)N)C(F)(F)F)cc3s2)c(OC(F)(F)F)c1. The third-order valence-electron chi connectivity index (χ3n) is 8.19. The van der Waals surface area contributed by atoms with Gasteiger partial charge in [-0.25, -0.2) is 0 Å². The van der Waals surface area contributed by atoms with Crippen LogP contribution < -0.4 is 20.9 Å². The van der Waals surface area contributed by atoms with Crippen LogP contribution >= 0.6 is 11.3 Å². The summed E-state index contributed by atoms with van der Waals surface area (Å²) in [7, 11) is 0. The predicted molar refractivity (Wildman–Crippen MR) is 172 cm³/mol. The lowest BCUT2D eigenvalue weighted by Crippen LogP contribution is -2.59. The van der Waals surface area contributed by atoms with Crippen molar-refractivity contribution in [2.24, 2.45) is 22.8 Å². The first-order valence-electron chi connectivity index (χ1n) is 15.4. The molecular formula is C34H44F6N2O4S. The number of fused-ring (bicyclic) bond motifs is 1. The van der Waals surface area contributed by atoms with E-state index in [2.05, 4.69) is 4.74 Å². The summed E-state index contributed by atoms with van der Waals surface area (Å²) in [4.78, 5) is 13.4. The fourth-order valence-electron chi connectivity index (χ4n) is 5.14. The number of alkyl halides is 6. The van der Waals surface area contributed by atoms with Crippen LogP contribution in [0.3, 0.4) is 0 Å². The van der Waals surface area contributed by atoms with E-state index in [9.17, 15) is 31.1 Å². The molecule has 0 aliphatic carbocycles. The molecule has 3 rings (SSSR count). The molecule has 1 heterocycles. The largest absolute Gasteiger partial charge is 0.573 e. The number of nitrogens with two attached hydrogens (primary N) is 2. The molecule has 0 amide bonds. The maximum atomic E-state index is 13.9. The number of rotatable bonds is 15. The molecule has 0 bridgehead atoms. The summed E-state index contributed by atoms with van der Waals surface area (Å²) < 4.78 is 97.3. The third-order valence-corrected chi connectivity index (χ3v) is 9.32. The minimum atomic E-state index is -4.89. The summed E-state index contributed by atoms with van der Waals surface area (Å²) in [5.41, 5.74) is 10.2. The lowest BCUT2D eigenvalue weighted by Gasteiger charge is -2.42. The Kier molecular flexibility index (Phi) is 11.9. The Morgan fingerprint density at radius 2 is 1.57 bits per heavy atom. The highest BCUT2D eigenvalue weighted by Gasteiger charge is 2.48. The Morgan fingerprint density at radius 3 is 2.17 bits per heavy atom. The summed E-state index contributed by atoms with van der Waals surface area (Å²) in [6.07, 6.45) is -6.04. The lowest BCUT2D eigenvalue weighted by atomic mass is 9.68. The molecule has 13 heteroatoms. The van der Waals surface area contributed by atoms with Crippen molar-refractivity contribution in [1.82, 2.24) is 0 Å². The van der Waals surface area contributed by atoms with Gasteiger partial charge in [0.05, 0.1) is 5.41 Å². The van der Waals surface area contributed by atoms with E-state index in [-0.39, 0.29) is 23.5 Å². The molecule has 0 aliphatic rings. The number of halogens is 6. The van der Waals surface area contributed by atoms with Crippen LogP contribution in [0.2, 0.25) is 0 Å². The summed E-state index contributed by atoms with van der Waals surface area (Å²) in [5, 5.41) is 0.663. The van der Waals surface area contributed by atoms with Crippen molar-refractivity contribution in [2.75, 3.05) is 13.2 Å². The van der Waals surface area contributed by atoms with Gasteiger partial charge >= 0.3 is 18.5 Å². The Labute approximate surface area is 275 Å². The predicted octanol–water partition coefficient (Wildman–Crippen LogP) is 9.17. The number of esters is 1. The lowest BCUT2D eigenvalue weighted by molar-refractivity contribution is -0.274. The van der Waals surface area contributed by atoms with Crippen LogP contribution in [-0.2, 0) is 16.0 Å². The summed E-state index contributed by atoms with van der Waals surface area (Å²) in [5.74, 6) is -3.23. The van der Waals surface area contributed by atoms with Gasteiger partial charge in [-0.2, -0.15) is 13.2 Å². The van der Waals surface area contributed by atoms with Crippen molar-refractivity contribution >= 4 is 27.4 Å². The number of thiophene rings is 1. The molecule has 47 heavy (non-hydrogen) atoms. The maximum Gasteiger partial charge on any atom is 0.573 e. The standard InChI is InChI=1S/C34H44F6N2O4S/c1-7-8-9-10-21-11-14-25(26(15-21)46-34(38,39)40)28-16-22-12-13-24(17-27(22)47-28)44-18-23(33(35,36)37)19-45-29(43)31(4,5)32(6,42)20-30(2,3)41/h11-17,23H,7-10,18-20,41-42H2,1-6H3. The molecule has 2 atom stereocenters. The van der Waals surface area contributed by atoms with E-state index in [4.69, 9.17) is 20.9 Å². The number of carbonyl (C=O) groups is 1. The number of hydrogen-bond acceptors (Lipinski definition) is 7. The zero-order valence-electron chi connectivity index (χ0n) is 27.5. The summed E-state index contributed by atoms with van der Waals surface area (Å²) in [6.45, 7) is 8.31. The molecule has 0 saturated heterocycles. The van der Waals surface area contributed by atoms with Gasteiger partial charge in [0.1, 0.15) is 30.6 Å². The average molecular weight is 691 g/mol. The quantitative estimate of drug-likeness (QED) is 0.0938. The highest BCUT2D eigenvalue weighted by molar-refractivity contribution is 7.22. The van der Waals surface area contributed by atoms with Gasteiger partial charge in [0, 0.05) is 26.2 Å². The van der Waals surface area contributed by atoms with Crippen LogP contribution in [0.1, 0.15) is 72.8 Å². The average Bonchev–Trinajstić information content (AvgIpc) is 3.33. The molecule has 2 unspecified atom stereocenters. The molecule has 6 nitrogen and oxygen atoms in total. The number of carbonyl (C=O) groups excluding carboxylic acids is 1. The molecule has 1 aromatic heterocycles. The van der Waals surface area contributed by atoms with Gasteiger partial charge in [-0.15, -0.1) is 24.5 Å². The molecule has 2 aromatic carbocycles. The number of benzene rings is 2. The van der Waals surface area contributed by atoms with E-state index in [0.717, 1.165) is 36.2 Å². The normalized spacial score (nSPS) is 14.9. The second kappa shape index (κ2) is 14.6. The van der Waals surface area contributed by atoms with Crippen LogP contribution in [0.25, 0.3) is 20.5 Å². The Balaban J connectivity index is 1.77. The van der Waals surface area contributed by atoms with Crippen LogP contribution in [-0.4, -0.2) is 42.8 Å². The van der Waals surface area contributed by atoms with Crippen molar-refractivity contribution in [3.8, 4) is 21.9 Å². The van der Waals surface area contributed by atoms with Crippen LogP contribution in [0, 0.1) is 11.3 Å². The molecule has 262 valence electrons. The van der Waals surface area contributed by atoms with E-state index >= 15 is 0 Å². The smallest absolute Gasteiger partial charge is 0.493 e. The molecule has 0 spiro atoms. The summed E-state index contributed by atoms with van der Waals surface area (Å²) in [6, 6.07) is 11.0. The van der Waals surface area contributed by atoms with Crippen molar-refractivity contribution in [3.05, 3.63) is 48.0 Å². The molecular weight excluding hydrogens is 646 g/mol. The van der Waals surface area contributed by atoms with Gasteiger partial charge in [-0.05, 0) is 101 Å². The fourth-order valence-corrected chi connectivity index (χ4v) is 6.26.